The van der Waals surface area contributed by atoms with Crippen molar-refractivity contribution in [3.05, 3.63) is 36.0 Å². The minimum Gasteiger partial charge on any atom is -0.378 e. The molecule has 21 heavy (non-hydrogen) atoms. The smallest absolute Gasteiger partial charge is 0.279 e. The monoisotopic (exact) mass is 309 g/mol. The van der Waals surface area contributed by atoms with Gasteiger partial charge in [0.15, 0.2) is 5.03 Å². The van der Waals surface area contributed by atoms with Gasteiger partial charge in [-0.05, 0) is 25.2 Å². The molecule has 114 valence electrons. The van der Waals surface area contributed by atoms with Gasteiger partial charge in [0, 0.05) is 31.9 Å². The second kappa shape index (κ2) is 6.15. The van der Waals surface area contributed by atoms with Gasteiger partial charge < -0.3 is 10.2 Å². The summed E-state index contributed by atoms with van der Waals surface area (Å²) < 4.78 is 27.4. The van der Waals surface area contributed by atoms with E-state index in [0.717, 1.165) is 5.69 Å². The summed E-state index contributed by atoms with van der Waals surface area (Å²) in [5, 5.41) is 9.33. The lowest BCUT2D eigenvalue weighted by Gasteiger charge is -2.14. The SMILES string of the molecule is CNCc1cn[nH]c1S(=O)(=O)Nc1cccc(N(C)C)c1. The van der Waals surface area contributed by atoms with Gasteiger partial charge in [-0.2, -0.15) is 13.5 Å². The molecule has 1 heterocycles. The summed E-state index contributed by atoms with van der Waals surface area (Å²) in [6, 6.07) is 7.18. The molecule has 0 aliphatic carbocycles. The van der Waals surface area contributed by atoms with Gasteiger partial charge in [-0.3, -0.25) is 9.82 Å². The van der Waals surface area contributed by atoms with E-state index in [2.05, 4.69) is 20.2 Å². The highest BCUT2D eigenvalue weighted by Gasteiger charge is 2.20. The Balaban J connectivity index is 2.29. The highest BCUT2D eigenvalue weighted by molar-refractivity contribution is 7.92. The van der Waals surface area contributed by atoms with Crippen molar-refractivity contribution in [2.75, 3.05) is 30.8 Å². The molecule has 0 spiro atoms. The van der Waals surface area contributed by atoms with E-state index in [1.165, 1.54) is 6.20 Å². The molecule has 7 nitrogen and oxygen atoms in total. The van der Waals surface area contributed by atoms with Crippen molar-refractivity contribution < 1.29 is 8.42 Å². The first-order chi connectivity index (χ1) is 9.94. The van der Waals surface area contributed by atoms with E-state index in [4.69, 9.17) is 0 Å². The zero-order valence-electron chi connectivity index (χ0n) is 12.2. The molecular weight excluding hydrogens is 290 g/mol. The van der Waals surface area contributed by atoms with Crippen LogP contribution in [0.15, 0.2) is 35.5 Å². The van der Waals surface area contributed by atoms with Crippen LogP contribution in [0.5, 0.6) is 0 Å². The van der Waals surface area contributed by atoms with E-state index >= 15 is 0 Å². The molecule has 3 N–H and O–H groups in total. The molecule has 0 unspecified atom stereocenters. The number of aromatic amines is 1. The Kier molecular flexibility index (Phi) is 4.49. The minimum absolute atomic E-state index is 0.0760. The molecule has 2 rings (SSSR count). The lowest BCUT2D eigenvalue weighted by molar-refractivity contribution is 0.595. The molecule has 2 aromatic rings. The maximum atomic E-state index is 12.4. The topological polar surface area (TPSA) is 90.1 Å². The fourth-order valence-corrected chi connectivity index (χ4v) is 3.08. The number of benzene rings is 1. The molecule has 0 amide bonds. The van der Waals surface area contributed by atoms with E-state index in [0.29, 0.717) is 17.8 Å². The lowest BCUT2D eigenvalue weighted by atomic mass is 10.3. The van der Waals surface area contributed by atoms with Crippen LogP contribution in [-0.2, 0) is 16.6 Å². The highest BCUT2D eigenvalue weighted by atomic mass is 32.2. The summed E-state index contributed by atoms with van der Waals surface area (Å²) in [6.45, 7) is 0.421. The lowest BCUT2D eigenvalue weighted by Crippen LogP contribution is -2.17. The van der Waals surface area contributed by atoms with E-state index in [1.807, 2.05) is 25.1 Å². The average Bonchev–Trinajstić information content (AvgIpc) is 2.88. The van der Waals surface area contributed by atoms with Crippen molar-refractivity contribution in [3.8, 4) is 0 Å². The average molecular weight is 309 g/mol. The largest absolute Gasteiger partial charge is 0.378 e. The van der Waals surface area contributed by atoms with Crippen LogP contribution >= 0.6 is 0 Å². The molecule has 0 aliphatic rings. The Morgan fingerprint density at radius 3 is 2.76 bits per heavy atom. The molecule has 0 saturated carbocycles. The zero-order valence-corrected chi connectivity index (χ0v) is 13.0. The van der Waals surface area contributed by atoms with Gasteiger partial charge in [0.2, 0.25) is 0 Å². The van der Waals surface area contributed by atoms with Gasteiger partial charge in [-0.15, -0.1) is 0 Å². The fraction of sp³-hybridized carbons (Fsp3) is 0.308. The van der Waals surface area contributed by atoms with E-state index in [1.54, 1.807) is 25.2 Å². The van der Waals surface area contributed by atoms with Gasteiger partial charge in [0.05, 0.1) is 11.9 Å². The van der Waals surface area contributed by atoms with Crippen molar-refractivity contribution in [1.82, 2.24) is 15.5 Å². The van der Waals surface area contributed by atoms with Gasteiger partial charge in [-0.25, -0.2) is 0 Å². The first-order valence-corrected chi connectivity index (χ1v) is 7.89. The van der Waals surface area contributed by atoms with Crippen LogP contribution in [0.3, 0.4) is 0 Å². The number of aromatic nitrogens is 2. The number of H-pyrrole nitrogens is 1. The molecular formula is C13H19N5O2S. The summed E-state index contributed by atoms with van der Waals surface area (Å²) in [5.41, 5.74) is 2.01. The van der Waals surface area contributed by atoms with Crippen molar-refractivity contribution >= 4 is 21.4 Å². The van der Waals surface area contributed by atoms with Crippen molar-refractivity contribution in [3.63, 3.8) is 0 Å². The van der Waals surface area contributed by atoms with Crippen molar-refractivity contribution in [2.24, 2.45) is 0 Å². The van der Waals surface area contributed by atoms with Crippen molar-refractivity contribution in [1.29, 1.82) is 0 Å². The predicted octanol–water partition coefficient (Wildman–Crippen LogP) is 0.996. The molecule has 0 aliphatic heterocycles. The van der Waals surface area contributed by atoms with Crippen LogP contribution in [0, 0.1) is 0 Å². The predicted molar refractivity (Wildman–Crippen MR) is 82.9 cm³/mol. The molecule has 1 aromatic carbocycles. The number of rotatable bonds is 6. The van der Waals surface area contributed by atoms with Gasteiger partial charge in [0.1, 0.15) is 0 Å². The van der Waals surface area contributed by atoms with E-state index < -0.39 is 10.0 Å². The second-order valence-corrected chi connectivity index (χ2v) is 6.42. The van der Waals surface area contributed by atoms with Gasteiger partial charge in [0.25, 0.3) is 10.0 Å². The summed E-state index contributed by atoms with van der Waals surface area (Å²) >= 11 is 0. The third-order valence-corrected chi connectivity index (χ3v) is 4.32. The number of anilines is 2. The molecule has 0 saturated heterocycles. The Morgan fingerprint density at radius 2 is 2.10 bits per heavy atom. The number of hydrogen-bond donors (Lipinski definition) is 3. The third-order valence-electron chi connectivity index (χ3n) is 2.93. The van der Waals surface area contributed by atoms with E-state index in [9.17, 15) is 8.42 Å². The normalized spacial score (nSPS) is 11.4. The van der Waals surface area contributed by atoms with Crippen LogP contribution in [0.4, 0.5) is 11.4 Å². The molecule has 0 atom stereocenters. The Labute approximate surface area is 124 Å². The molecule has 1 aromatic heterocycles. The highest BCUT2D eigenvalue weighted by Crippen LogP contribution is 2.21. The first-order valence-electron chi connectivity index (χ1n) is 6.41. The Morgan fingerprint density at radius 1 is 1.33 bits per heavy atom. The Bertz CT molecular complexity index is 709. The quantitative estimate of drug-likeness (QED) is 0.740. The molecule has 0 radical (unpaired) electrons. The first kappa shape index (κ1) is 15.3. The van der Waals surface area contributed by atoms with Crippen LogP contribution in [-0.4, -0.2) is 39.8 Å². The van der Waals surface area contributed by atoms with Gasteiger partial charge in [-0.1, -0.05) is 6.07 Å². The summed E-state index contributed by atoms with van der Waals surface area (Å²) in [7, 11) is 1.85. The number of nitrogens with one attached hydrogen (secondary N) is 3. The van der Waals surface area contributed by atoms with Crippen LogP contribution in [0.25, 0.3) is 0 Å². The zero-order chi connectivity index (χ0) is 15.5. The number of nitrogens with zero attached hydrogens (tertiary/aromatic N) is 2. The number of sulfonamides is 1. The fourth-order valence-electron chi connectivity index (χ4n) is 1.90. The number of hydrogen-bond acceptors (Lipinski definition) is 5. The molecule has 0 bridgehead atoms. The molecule has 8 heteroatoms. The maximum Gasteiger partial charge on any atom is 0.279 e. The minimum atomic E-state index is -3.69. The summed E-state index contributed by atoms with van der Waals surface area (Å²) in [4.78, 5) is 1.90. The molecule has 0 fully saturated rings. The van der Waals surface area contributed by atoms with Crippen molar-refractivity contribution in [2.45, 2.75) is 11.6 Å². The maximum absolute atomic E-state index is 12.4. The van der Waals surface area contributed by atoms with Crippen LogP contribution in [0.1, 0.15) is 5.56 Å². The van der Waals surface area contributed by atoms with E-state index in [-0.39, 0.29) is 5.03 Å². The second-order valence-electron chi connectivity index (χ2n) is 4.80. The third kappa shape index (κ3) is 3.53. The summed E-state index contributed by atoms with van der Waals surface area (Å²) in [5.74, 6) is 0. The standard InChI is InChI=1S/C13H19N5O2S/c1-14-8-10-9-15-16-13(10)21(19,20)17-11-5-4-6-12(7-11)18(2)3/h4-7,9,14,17H,8H2,1-3H3,(H,15,16). The van der Waals surface area contributed by atoms with Crippen LogP contribution < -0.4 is 14.9 Å². The van der Waals surface area contributed by atoms with Crippen LogP contribution in [0.2, 0.25) is 0 Å². The van der Waals surface area contributed by atoms with Gasteiger partial charge >= 0.3 is 0 Å². The summed E-state index contributed by atoms with van der Waals surface area (Å²) in [6.07, 6.45) is 1.50. The Hall–Kier alpha value is -2.06.